The van der Waals surface area contributed by atoms with Gasteiger partial charge in [-0.3, -0.25) is 9.59 Å². The summed E-state index contributed by atoms with van der Waals surface area (Å²) in [5.74, 6) is 1.28. The highest BCUT2D eigenvalue weighted by Gasteiger charge is 2.42. The molecule has 0 radical (unpaired) electrons. The van der Waals surface area contributed by atoms with Crippen molar-refractivity contribution in [1.82, 2.24) is 5.32 Å². The first-order chi connectivity index (χ1) is 16.5. The molecule has 2 amide bonds. The summed E-state index contributed by atoms with van der Waals surface area (Å²) in [5, 5.41) is 3.07. The Kier molecular flexibility index (Phi) is 7.57. The highest BCUT2D eigenvalue weighted by Crippen LogP contribution is 2.42. The summed E-state index contributed by atoms with van der Waals surface area (Å²) in [5.41, 5.74) is 1.51. The summed E-state index contributed by atoms with van der Waals surface area (Å²) in [4.78, 5) is 28.4. The molecule has 2 fully saturated rings. The molecule has 2 aromatic carbocycles. The number of nitrogens with one attached hydrogen (secondary N) is 1. The Hall–Kier alpha value is -3.26. The second-order valence-electron chi connectivity index (χ2n) is 8.55. The van der Waals surface area contributed by atoms with Crippen LogP contribution < -0.4 is 24.4 Å². The van der Waals surface area contributed by atoms with Crippen molar-refractivity contribution >= 4 is 17.5 Å². The number of carbonyl (C=O) groups excluding carboxylic acids is 2. The third-order valence-corrected chi connectivity index (χ3v) is 6.56. The Labute approximate surface area is 200 Å². The zero-order valence-corrected chi connectivity index (χ0v) is 19.9. The number of piperidine rings is 1. The lowest BCUT2D eigenvalue weighted by Gasteiger charge is -2.41. The fourth-order valence-electron chi connectivity index (χ4n) is 4.78. The number of rotatable bonds is 8. The summed E-state index contributed by atoms with van der Waals surface area (Å²) < 4.78 is 21.9. The Bertz CT molecular complexity index is 1000. The Morgan fingerprint density at radius 3 is 2.44 bits per heavy atom. The van der Waals surface area contributed by atoms with Crippen molar-refractivity contribution in [3.63, 3.8) is 0 Å². The van der Waals surface area contributed by atoms with E-state index in [1.165, 1.54) is 0 Å². The van der Waals surface area contributed by atoms with Gasteiger partial charge in [0.2, 0.25) is 11.8 Å². The SMILES string of the molecule is COc1ccc(N2C(=O)CC[C@H](C(=O)NC[C@@H]3CCCO3)[C@@H]2c2ccc(OC)c(OC)c2)cc1. The van der Waals surface area contributed by atoms with Gasteiger partial charge in [0.15, 0.2) is 11.5 Å². The number of amides is 2. The zero-order chi connectivity index (χ0) is 24.1. The van der Waals surface area contributed by atoms with Gasteiger partial charge in [-0.15, -0.1) is 0 Å². The third-order valence-electron chi connectivity index (χ3n) is 6.56. The number of benzene rings is 2. The van der Waals surface area contributed by atoms with Crippen LogP contribution in [0.15, 0.2) is 42.5 Å². The van der Waals surface area contributed by atoms with E-state index in [1.807, 2.05) is 36.4 Å². The quantitative estimate of drug-likeness (QED) is 0.638. The highest BCUT2D eigenvalue weighted by molar-refractivity contribution is 5.97. The van der Waals surface area contributed by atoms with Crippen LogP contribution in [-0.4, -0.2) is 52.4 Å². The molecule has 34 heavy (non-hydrogen) atoms. The van der Waals surface area contributed by atoms with E-state index in [4.69, 9.17) is 18.9 Å². The third kappa shape index (κ3) is 4.97. The molecular weight excluding hydrogens is 436 g/mol. The summed E-state index contributed by atoms with van der Waals surface area (Å²) in [6, 6.07) is 12.4. The largest absolute Gasteiger partial charge is 0.497 e. The van der Waals surface area contributed by atoms with Crippen LogP contribution in [0.4, 0.5) is 5.69 Å². The molecule has 8 nitrogen and oxygen atoms in total. The monoisotopic (exact) mass is 468 g/mol. The zero-order valence-electron chi connectivity index (χ0n) is 19.9. The number of carbonyl (C=O) groups is 2. The lowest BCUT2D eigenvalue weighted by atomic mass is 9.83. The summed E-state index contributed by atoms with van der Waals surface area (Å²) in [7, 11) is 4.75. The van der Waals surface area contributed by atoms with Gasteiger partial charge in [-0.2, -0.15) is 0 Å². The molecule has 0 spiro atoms. The molecule has 2 aromatic rings. The molecule has 0 bridgehead atoms. The Balaban J connectivity index is 1.70. The number of nitrogens with zero attached hydrogens (tertiary/aromatic N) is 1. The molecule has 2 heterocycles. The highest BCUT2D eigenvalue weighted by atomic mass is 16.5. The first kappa shape index (κ1) is 23.9. The maximum atomic E-state index is 13.4. The van der Waals surface area contributed by atoms with Crippen LogP contribution in [0.2, 0.25) is 0 Å². The molecule has 8 heteroatoms. The minimum Gasteiger partial charge on any atom is -0.497 e. The standard InChI is InChI=1S/C26H32N2O6/c1-31-19-9-7-18(8-10-19)28-24(29)13-11-21(26(30)27-16-20-5-4-14-34-20)25(28)17-6-12-22(32-2)23(15-17)33-3/h6-10,12,15,20-21,25H,4-5,11,13-14,16H2,1-3H3,(H,27,30)/t20-,21-,25-/m0/s1. The van der Waals surface area contributed by atoms with Crippen molar-refractivity contribution in [2.75, 3.05) is 39.4 Å². The maximum Gasteiger partial charge on any atom is 0.227 e. The number of hydrogen-bond acceptors (Lipinski definition) is 6. The van der Waals surface area contributed by atoms with Crippen molar-refractivity contribution in [2.45, 2.75) is 37.8 Å². The van der Waals surface area contributed by atoms with Crippen molar-refractivity contribution in [3.8, 4) is 17.2 Å². The summed E-state index contributed by atoms with van der Waals surface area (Å²) >= 11 is 0. The molecule has 0 unspecified atom stereocenters. The molecule has 4 rings (SSSR count). The minimum absolute atomic E-state index is 0.0341. The predicted molar refractivity (Wildman–Crippen MR) is 127 cm³/mol. The molecule has 2 aliphatic heterocycles. The normalized spacial score (nSPS) is 22.4. The predicted octanol–water partition coefficient (Wildman–Crippen LogP) is 3.49. The molecular formula is C26H32N2O6. The van der Waals surface area contributed by atoms with Crippen LogP contribution in [0.1, 0.15) is 37.3 Å². The van der Waals surface area contributed by atoms with Crippen molar-refractivity contribution < 1.29 is 28.5 Å². The van der Waals surface area contributed by atoms with Crippen molar-refractivity contribution in [3.05, 3.63) is 48.0 Å². The number of hydrogen-bond donors (Lipinski definition) is 1. The van der Waals surface area contributed by atoms with Crippen LogP contribution in [0.5, 0.6) is 17.2 Å². The van der Waals surface area contributed by atoms with E-state index in [1.54, 1.807) is 32.3 Å². The van der Waals surface area contributed by atoms with E-state index in [0.717, 1.165) is 25.0 Å². The lowest BCUT2D eigenvalue weighted by molar-refractivity contribution is -0.129. The average molecular weight is 469 g/mol. The van der Waals surface area contributed by atoms with Gasteiger partial charge in [0.1, 0.15) is 5.75 Å². The fourth-order valence-corrected chi connectivity index (χ4v) is 4.78. The number of anilines is 1. The fraction of sp³-hybridized carbons (Fsp3) is 0.462. The number of ether oxygens (including phenoxy) is 4. The van der Waals surface area contributed by atoms with E-state index in [9.17, 15) is 9.59 Å². The molecule has 2 saturated heterocycles. The Morgan fingerprint density at radius 1 is 1.03 bits per heavy atom. The van der Waals surface area contributed by atoms with Gasteiger partial charge in [0.25, 0.3) is 0 Å². The van der Waals surface area contributed by atoms with E-state index < -0.39 is 12.0 Å². The maximum absolute atomic E-state index is 13.4. The average Bonchev–Trinajstić information content (AvgIpc) is 3.40. The molecule has 1 N–H and O–H groups in total. The Morgan fingerprint density at radius 2 is 1.79 bits per heavy atom. The lowest BCUT2D eigenvalue weighted by Crippen LogP contribution is -2.49. The molecule has 0 aliphatic carbocycles. The van der Waals surface area contributed by atoms with E-state index >= 15 is 0 Å². The van der Waals surface area contributed by atoms with Crippen LogP contribution >= 0.6 is 0 Å². The first-order valence-electron chi connectivity index (χ1n) is 11.6. The second-order valence-corrected chi connectivity index (χ2v) is 8.55. The second kappa shape index (κ2) is 10.8. The number of methoxy groups -OCH3 is 3. The van der Waals surface area contributed by atoms with Gasteiger partial charge in [0.05, 0.1) is 39.4 Å². The first-order valence-corrected chi connectivity index (χ1v) is 11.6. The molecule has 0 aromatic heterocycles. The molecule has 3 atom stereocenters. The van der Waals surface area contributed by atoms with Gasteiger partial charge >= 0.3 is 0 Å². The topological polar surface area (TPSA) is 86.3 Å². The van der Waals surface area contributed by atoms with Gasteiger partial charge in [-0.25, -0.2) is 0 Å². The summed E-state index contributed by atoms with van der Waals surface area (Å²) in [6.07, 6.45) is 2.75. The smallest absolute Gasteiger partial charge is 0.227 e. The van der Waals surface area contributed by atoms with Crippen molar-refractivity contribution in [1.29, 1.82) is 0 Å². The van der Waals surface area contributed by atoms with Gasteiger partial charge in [-0.05, 0) is 61.2 Å². The van der Waals surface area contributed by atoms with E-state index in [2.05, 4.69) is 5.32 Å². The summed E-state index contributed by atoms with van der Waals surface area (Å²) in [6.45, 7) is 1.21. The molecule has 0 saturated carbocycles. The minimum atomic E-state index is -0.501. The van der Waals surface area contributed by atoms with E-state index in [0.29, 0.717) is 35.9 Å². The van der Waals surface area contributed by atoms with Gasteiger partial charge < -0.3 is 29.2 Å². The van der Waals surface area contributed by atoms with Crippen LogP contribution in [-0.2, 0) is 14.3 Å². The van der Waals surface area contributed by atoms with E-state index in [-0.39, 0.29) is 24.3 Å². The molecule has 182 valence electrons. The van der Waals surface area contributed by atoms with Gasteiger partial charge in [0, 0.05) is 25.3 Å². The molecule has 2 aliphatic rings. The van der Waals surface area contributed by atoms with Crippen LogP contribution in [0.3, 0.4) is 0 Å². The van der Waals surface area contributed by atoms with Gasteiger partial charge in [-0.1, -0.05) is 6.07 Å². The van der Waals surface area contributed by atoms with Crippen LogP contribution in [0.25, 0.3) is 0 Å². The van der Waals surface area contributed by atoms with Crippen LogP contribution in [0, 0.1) is 5.92 Å². The van der Waals surface area contributed by atoms with Crippen molar-refractivity contribution in [2.24, 2.45) is 5.92 Å².